The summed E-state index contributed by atoms with van der Waals surface area (Å²) in [5.41, 5.74) is 1.07. The zero-order valence-electron chi connectivity index (χ0n) is 9.07. The molecule has 0 bridgehead atoms. The third-order valence-electron chi connectivity index (χ3n) is 2.04. The maximum atomic E-state index is 11.5. The molecule has 0 spiro atoms. The normalized spacial score (nSPS) is 11.4. The SMILES string of the molecule is CNS(=O)(=O)CCNC(=O)c1cn[nH]c1C. The lowest BCUT2D eigenvalue weighted by atomic mass is 10.2. The molecule has 0 aliphatic carbocycles. The largest absolute Gasteiger partial charge is 0.351 e. The van der Waals surface area contributed by atoms with Crippen molar-refractivity contribution >= 4 is 15.9 Å². The third-order valence-corrected chi connectivity index (χ3v) is 3.41. The van der Waals surface area contributed by atoms with Crippen LogP contribution in [0.4, 0.5) is 0 Å². The first-order valence-corrected chi connectivity index (χ1v) is 6.31. The van der Waals surface area contributed by atoms with Gasteiger partial charge in [-0.05, 0) is 14.0 Å². The number of nitrogens with zero attached hydrogens (tertiary/aromatic N) is 1. The van der Waals surface area contributed by atoms with Crippen LogP contribution in [0, 0.1) is 6.92 Å². The van der Waals surface area contributed by atoms with Crippen LogP contribution in [0.3, 0.4) is 0 Å². The van der Waals surface area contributed by atoms with Gasteiger partial charge in [0.05, 0.1) is 17.5 Å². The highest BCUT2D eigenvalue weighted by atomic mass is 32.2. The Hall–Kier alpha value is -1.41. The van der Waals surface area contributed by atoms with Crippen molar-refractivity contribution in [2.24, 2.45) is 0 Å². The van der Waals surface area contributed by atoms with E-state index < -0.39 is 10.0 Å². The van der Waals surface area contributed by atoms with Crippen molar-refractivity contribution in [3.8, 4) is 0 Å². The highest BCUT2D eigenvalue weighted by molar-refractivity contribution is 7.89. The molecule has 0 aromatic carbocycles. The van der Waals surface area contributed by atoms with Crippen molar-refractivity contribution in [1.29, 1.82) is 0 Å². The number of carbonyl (C=O) groups excluding carboxylic acids is 1. The summed E-state index contributed by atoms with van der Waals surface area (Å²) < 4.78 is 24.3. The minimum absolute atomic E-state index is 0.0621. The van der Waals surface area contributed by atoms with Crippen LogP contribution >= 0.6 is 0 Å². The number of hydrogen-bond acceptors (Lipinski definition) is 4. The van der Waals surface area contributed by atoms with Crippen molar-refractivity contribution in [3.05, 3.63) is 17.5 Å². The highest BCUT2D eigenvalue weighted by Gasteiger charge is 2.12. The summed E-state index contributed by atoms with van der Waals surface area (Å²) in [5.74, 6) is -0.482. The van der Waals surface area contributed by atoms with E-state index in [9.17, 15) is 13.2 Å². The van der Waals surface area contributed by atoms with Crippen molar-refractivity contribution < 1.29 is 13.2 Å². The van der Waals surface area contributed by atoms with Gasteiger partial charge in [0, 0.05) is 12.2 Å². The minimum Gasteiger partial charge on any atom is -0.351 e. The van der Waals surface area contributed by atoms with Crippen LogP contribution in [-0.4, -0.2) is 43.9 Å². The van der Waals surface area contributed by atoms with Crippen LogP contribution in [-0.2, 0) is 10.0 Å². The quantitative estimate of drug-likeness (QED) is 0.619. The number of amides is 1. The summed E-state index contributed by atoms with van der Waals surface area (Å²) in [6.45, 7) is 1.78. The maximum Gasteiger partial charge on any atom is 0.254 e. The van der Waals surface area contributed by atoms with E-state index in [1.54, 1.807) is 6.92 Å². The van der Waals surface area contributed by atoms with E-state index in [0.717, 1.165) is 0 Å². The molecule has 1 heterocycles. The van der Waals surface area contributed by atoms with Crippen molar-refractivity contribution in [2.75, 3.05) is 19.3 Å². The number of rotatable bonds is 5. The average Bonchev–Trinajstić information content (AvgIpc) is 2.64. The van der Waals surface area contributed by atoms with Gasteiger partial charge in [0.2, 0.25) is 10.0 Å². The van der Waals surface area contributed by atoms with Gasteiger partial charge < -0.3 is 5.32 Å². The predicted octanol–water partition coefficient (Wildman–Crippen LogP) is -1.00. The molecule has 7 nitrogen and oxygen atoms in total. The fraction of sp³-hybridized carbons (Fsp3) is 0.500. The molecule has 0 radical (unpaired) electrons. The third kappa shape index (κ3) is 3.31. The molecule has 1 aromatic heterocycles. The molecule has 3 N–H and O–H groups in total. The van der Waals surface area contributed by atoms with Crippen molar-refractivity contribution in [3.63, 3.8) is 0 Å². The fourth-order valence-corrected chi connectivity index (χ4v) is 1.65. The minimum atomic E-state index is -3.28. The summed E-state index contributed by atoms with van der Waals surface area (Å²) in [6, 6.07) is 0. The summed E-state index contributed by atoms with van der Waals surface area (Å²) in [5, 5.41) is 8.82. The van der Waals surface area contributed by atoms with Gasteiger partial charge in [0.25, 0.3) is 5.91 Å². The highest BCUT2D eigenvalue weighted by Crippen LogP contribution is 2.01. The number of aromatic nitrogens is 2. The number of sulfonamides is 1. The molecule has 90 valence electrons. The van der Waals surface area contributed by atoms with Gasteiger partial charge in [-0.3, -0.25) is 9.89 Å². The Kier molecular flexibility index (Phi) is 4.02. The second kappa shape index (κ2) is 5.08. The molecule has 0 aliphatic heterocycles. The number of aryl methyl sites for hydroxylation is 1. The van der Waals surface area contributed by atoms with Gasteiger partial charge >= 0.3 is 0 Å². The Balaban J connectivity index is 2.46. The number of H-pyrrole nitrogens is 1. The molecule has 0 aliphatic rings. The van der Waals surface area contributed by atoms with Gasteiger partial charge in [0.1, 0.15) is 0 Å². The molecule has 1 aromatic rings. The van der Waals surface area contributed by atoms with E-state index in [4.69, 9.17) is 0 Å². The summed E-state index contributed by atoms with van der Waals surface area (Å²) in [6.07, 6.45) is 1.40. The second-order valence-corrected chi connectivity index (χ2v) is 5.23. The topological polar surface area (TPSA) is 104 Å². The lowest BCUT2D eigenvalue weighted by Gasteiger charge is -2.04. The van der Waals surface area contributed by atoms with Crippen molar-refractivity contribution in [2.45, 2.75) is 6.92 Å². The Morgan fingerprint density at radius 2 is 2.25 bits per heavy atom. The van der Waals surface area contributed by atoms with E-state index in [0.29, 0.717) is 11.3 Å². The molecule has 0 saturated heterocycles. The summed E-state index contributed by atoms with van der Waals surface area (Å²) in [4.78, 5) is 11.5. The maximum absolute atomic E-state index is 11.5. The first-order valence-electron chi connectivity index (χ1n) is 4.65. The van der Waals surface area contributed by atoms with E-state index >= 15 is 0 Å². The van der Waals surface area contributed by atoms with Crippen LogP contribution in [0.15, 0.2) is 6.20 Å². The Morgan fingerprint density at radius 1 is 1.56 bits per heavy atom. The first-order chi connectivity index (χ1) is 7.46. The average molecular weight is 246 g/mol. The molecule has 1 amide bonds. The van der Waals surface area contributed by atoms with E-state index in [-0.39, 0.29) is 18.2 Å². The van der Waals surface area contributed by atoms with Crippen LogP contribution in [0.1, 0.15) is 16.1 Å². The van der Waals surface area contributed by atoms with E-state index in [1.165, 1.54) is 13.2 Å². The molecular weight excluding hydrogens is 232 g/mol. The number of carbonyl (C=O) groups is 1. The molecule has 1 rings (SSSR count). The van der Waals surface area contributed by atoms with Crippen LogP contribution in [0.2, 0.25) is 0 Å². The van der Waals surface area contributed by atoms with E-state index in [1.807, 2.05) is 0 Å². The number of nitrogens with one attached hydrogen (secondary N) is 3. The number of hydrogen-bond donors (Lipinski definition) is 3. The molecule has 0 unspecified atom stereocenters. The molecule has 0 atom stereocenters. The molecular formula is C8H14N4O3S. The van der Waals surface area contributed by atoms with Crippen LogP contribution in [0.25, 0.3) is 0 Å². The van der Waals surface area contributed by atoms with Gasteiger partial charge in [-0.25, -0.2) is 13.1 Å². The summed E-state index contributed by atoms with van der Waals surface area (Å²) in [7, 11) is -1.95. The Bertz CT molecular complexity index is 465. The lowest BCUT2D eigenvalue weighted by Crippen LogP contribution is -2.33. The van der Waals surface area contributed by atoms with E-state index in [2.05, 4.69) is 20.2 Å². The van der Waals surface area contributed by atoms with Gasteiger partial charge in [-0.1, -0.05) is 0 Å². The van der Waals surface area contributed by atoms with Gasteiger partial charge in [0.15, 0.2) is 0 Å². The molecule has 0 saturated carbocycles. The monoisotopic (exact) mass is 246 g/mol. The van der Waals surface area contributed by atoms with Gasteiger partial charge in [-0.15, -0.1) is 0 Å². The predicted molar refractivity (Wildman–Crippen MR) is 58.5 cm³/mol. The first kappa shape index (κ1) is 12.7. The lowest BCUT2D eigenvalue weighted by molar-refractivity contribution is 0.0955. The van der Waals surface area contributed by atoms with Crippen LogP contribution < -0.4 is 10.0 Å². The Morgan fingerprint density at radius 3 is 2.75 bits per heavy atom. The summed E-state index contributed by atoms with van der Waals surface area (Å²) >= 11 is 0. The molecule has 0 fully saturated rings. The second-order valence-electron chi connectivity index (χ2n) is 3.19. The fourth-order valence-electron chi connectivity index (χ4n) is 1.08. The Labute approximate surface area is 93.7 Å². The molecule has 8 heteroatoms. The zero-order valence-corrected chi connectivity index (χ0v) is 9.89. The smallest absolute Gasteiger partial charge is 0.254 e. The van der Waals surface area contributed by atoms with Crippen LogP contribution in [0.5, 0.6) is 0 Å². The number of aromatic amines is 1. The standard InChI is InChI=1S/C8H14N4O3S/c1-6-7(5-11-12-6)8(13)10-3-4-16(14,15)9-2/h5,9H,3-4H2,1-2H3,(H,10,13)(H,11,12). The molecule has 16 heavy (non-hydrogen) atoms. The zero-order chi connectivity index (χ0) is 12.2. The van der Waals surface area contributed by atoms with Crippen molar-refractivity contribution in [1.82, 2.24) is 20.2 Å². The van der Waals surface area contributed by atoms with Gasteiger partial charge in [-0.2, -0.15) is 5.10 Å².